The second kappa shape index (κ2) is 7.80. The molecule has 26 heavy (non-hydrogen) atoms. The number of anilines is 1. The summed E-state index contributed by atoms with van der Waals surface area (Å²) in [7, 11) is 2.09. The van der Waals surface area contributed by atoms with Gasteiger partial charge in [-0.25, -0.2) is 4.99 Å². The van der Waals surface area contributed by atoms with Crippen molar-refractivity contribution in [2.24, 2.45) is 10.7 Å². The monoisotopic (exact) mass is 368 g/mol. The van der Waals surface area contributed by atoms with E-state index in [4.69, 9.17) is 5.73 Å². The van der Waals surface area contributed by atoms with Crippen LogP contribution in [0.3, 0.4) is 0 Å². The first kappa shape index (κ1) is 17.6. The molecule has 1 aromatic carbocycles. The summed E-state index contributed by atoms with van der Waals surface area (Å²) in [6.45, 7) is 1.18. The number of nitrogens with zero attached hydrogens (tertiary/aromatic N) is 2. The molecule has 2 heterocycles. The molecular weight excluding hydrogens is 340 g/mol. The molecule has 5 heteroatoms. The van der Waals surface area contributed by atoms with Crippen LogP contribution in [0.1, 0.15) is 42.5 Å². The van der Waals surface area contributed by atoms with Gasteiger partial charge >= 0.3 is 0 Å². The first-order valence-corrected chi connectivity index (χ1v) is 10.6. The Morgan fingerprint density at radius 2 is 2.08 bits per heavy atom. The Bertz CT molecular complexity index is 760. The van der Waals surface area contributed by atoms with Gasteiger partial charge in [-0.15, -0.1) is 11.3 Å². The Kier molecular flexibility index (Phi) is 5.27. The van der Waals surface area contributed by atoms with Crippen molar-refractivity contribution >= 4 is 28.5 Å². The summed E-state index contributed by atoms with van der Waals surface area (Å²) >= 11 is 1.63. The average molecular weight is 369 g/mol. The number of hydrogen-bond donors (Lipinski definition) is 2. The van der Waals surface area contributed by atoms with Gasteiger partial charge in [0.2, 0.25) is 0 Å². The van der Waals surface area contributed by atoms with Crippen LogP contribution in [-0.4, -0.2) is 31.5 Å². The van der Waals surface area contributed by atoms with Crippen molar-refractivity contribution in [2.75, 3.05) is 18.5 Å². The van der Waals surface area contributed by atoms with Crippen LogP contribution in [0.5, 0.6) is 0 Å². The first-order valence-electron chi connectivity index (χ1n) is 9.69. The predicted octanol–water partition coefficient (Wildman–Crippen LogP) is 4.07. The number of aliphatic imine (C=N–C) groups is 1. The zero-order valence-corrected chi connectivity index (χ0v) is 16.3. The topological polar surface area (TPSA) is 53.6 Å². The van der Waals surface area contributed by atoms with Crippen LogP contribution in [0.15, 0.2) is 40.7 Å². The summed E-state index contributed by atoms with van der Waals surface area (Å²) in [5, 5.41) is 5.47. The summed E-state index contributed by atoms with van der Waals surface area (Å²) in [5.41, 5.74) is 9.97. The van der Waals surface area contributed by atoms with Gasteiger partial charge in [-0.2, -0.15) is 0 Å². The Hall–Kier alpha value is -1.85. The van der Waals surface area contributed by atoms with Crippen molar-refractivity contribution < 1.29 is 0 Å². The van der Waals surface area contributed by atoms with E-state index in [1.165, 1.54) is 49.9 Å². The van der Waals surface area contributed by atoms with Gasteiger partial charge in [0.1, 0.15) is 5.84 Å². The van der Waals surface area contributed by atoms with Crippen molar-refractivity contribution in [1.29, 1.82) is 0 Å². The van der Waals surface area contributed by atoms with E-state index in [0.29, 0.717) is 17.9 Å². The Morgan fingerprint density at radius 1 is 1.23 bits per heavy atom. The van der Waals surface area contributed by atoms with Crippen LogP contribution < -0.4 is 16.0 Å². The van der Waals surface area contributed by atoms with Crippen LogP contribution >= 0.6 is 11.3 Å². The number of hydrogen-bond acceptors (Lipinski definition) is 4. The lowest BCUT2D eigenvalue weighted by Crippen LogP contribution is -2.44. The molecule has 0 unspecified atom stereocenters. The van der Waals surface area contributed by atoms with Crippen LogP contribution in [0, 0.1) is 0 Å². The minimum absolute atomic E-state index is 0.609. The minimum Gasteiger partial charge on any atom is -0.383 e. The lowest BCUT2D eigenvalue weighted by atomic mass is 9.88. The van der Waals surface area contributed by atoms with E-state index in [1.807, 2.05) is 17.5 Å². The predicted molar refractivity (Wildman–Crippen MR) is 112 cm³/mol. The molecule has 1 fully saturated rings. The van der Waals surface area contributed by atoms with E-state index in [1.54, 1.807) is 11.3 Å². The standard InChI is InChI=1S/C21H28N4S/c1-23-16-6-9-18(10-7-16)25-12-2-4-15-14-17(8-11-19(15)25)24-21(22)20-5-3-13-26-20/h3,5,8,11,13-14,16,18,23H,2,4,6-7,9-10,12H2,1H3,(H2,22,24). The number of rotatable bonds is 4. The van der Waals surface area contributed by atoms with E-state index in [0.717, 1.165) is 17.0 Å². The highest BCUT2D eigenvalue weighted by Gasteiger charge is 2.28. The summed E-state index contributed by atoms with van der Waals surface area (Å²) in [5.74, 6) is 0.609. The number of thiophene rings is 1. The summed E-state index contributed by atoms with van der Waals surface area (Å²) in [6, 6.07) is 12.0. The molecule has 1 aromatic heterocycles. The Morgan fingerprint density at radius 3 is 2.81 bits per heavy atom. The van der Waals surface area contributed by atoms with Crippen LogP contribution in [0.25, 0.3) is 0 Å². The third kappa shape index (κ3) is 3.64. The highest BCUT2D eigenvalue weighted by molar-refractivity contribution is 7.12. The van der Waals surface area contributed by atoms with E-state index in [2.05, 4.69) is 40.5 Å². The molecule has 3 N–H and O–H groups in total. The van der Waals surface area contributed by atoms with Gasteiger partial charge in [0, 0.05) is 24.3 Å². The van der Waals surface area contributed by atoms with Gasteiger partial charge in [-0.05, 0) is 80.8 Å². The van der Waals surface area contributed by atoms with E-state index in [-0.39, 0.29) is 0 Å². The number of amidine groups is 1. The van der Waals surface area contributed by atoms with Gasteiger partial charge < -0.3 is 16.0 Å². The van der Waals surface area contributed by atoms with E-state index >= 15 is 0 Å². The first-order chi connectivity index (χ1) is 12.7. The van der Waals surface area contributed by atoms with Gasteiger partial charge in [-0.3, -0.25) is 0 Å². The molecule has 0 saturated heterocycles. The minimum atomic E-state index is 0.609. The fourth-order valence-corrected chi connectivity index (χ4v) is 4.98. The zero-order valence-electron chi connectivity index (χ0n) is 15.4. The molecule has 2 aliphatic rings. The van der Waals surface area contributed by atoms with Gasteiger partial charge in [-0.1, -0.05) is 6.07 Å². The zero-order chi connectivity index (χ0) is 17.9. The van der Waals surface area contributed by atoms with Crippen molar-refractivity contribution in [3.05, 3.63) is 46.2 Å². The molecule has 0 spiro atoms. The number of fused-ring (bicyclic) bond motifs is 1. The maximum Gasteiger partial charge on any atom is 0.141 e. The molecule has 0 amide bonds. The third-order valence-corrected chi connectivity index (χ3v) is 6.68. The Balaban J connectivity index is 1.53. The van der Waals surface area contributed by atoms with E-state index < -0.39 is 0 Å². The number of benzene rings is 1. The molecule has 1 aliphatic carbocycles. The molecule has 1 aliphatic heterocycles. The van der Waals surface area contributed by atoms with Crippen molar-refractivity contribution in [1.82, 2.24) is 5.32 Å². The van der Waals surface area contributed by atoms with Crippen LogP contribution in [0.4, 0.5) is 11.4 Å². The van der Waals surface area contributed by atoms with Crippen molar-refractivity contribution in [2.45, 2.75) is 50.6 Å². The summed E-state index contributed by atoms with van der Waals surface area (Å²) < 4.78 is 0. The number of aryl methyl sites for hydroxylation is 1. The van der Waals surface area contributed by atoms with Crippen molar-refractivity contribution in [3.63, 3.8) is 0 Å². The van der Waals surface area contributed by atoms with Crippen molar-refractivity contribution in [3.8, 4) is 0 Å². The third-order valence-electron chi connectivity index (χ3n) is 5.79. The quantitative estimate of drug-likeness (QED) is 0.632. The lowest BCUT2D eigenvalue weighted by Gasteiger charge is -2.41. The van der Waals surface area contributed by atoms with Gasteiger partial charge in [0.15, 0.2) is 0 Å². The normalized spacial score (nSPS) is 23.7. The fourth-order valence-electron chi connectivity index (χ4n) is 4.36. The smallest absolute Gasteiger partial charge is 0.141 e. The number of nitrogens with one attached hydrogen (secondary N) is 1. The molecule has 2 aromatic rings. The van der Waals surface area contributed by atoms with Gasteiger partial charge in [0.25, 0.3) is 0 Å². The van der Waals surface area contributed by atoms with E-state index in [9.17, 15) is 0 Å². The molecular formula is C21H28N4S. The largest absolute Gasteiger partial charge is 0.383 e. The number of nitrogens with two attached hydrogens (primary N) is 1. The summed E-state index contributed by atoms with van der Waals surface area (Å²) in [4.78, 5) is 8.33. The molecule has 1 saturated carbocycles. The fraction of sp³-hybridized carbons (Fsp3) is 0.476. The highest BCUT2D eigenvalue weighted by Crippen LogP contribution is 2.35. The molecule has 0 bridgehead atoms. The maximum atomic E-state index is 6.16. The molecule has 0 atom stereocenters. The van der Waals surface area contributed by atoms with Gasteiger partial charge in [0.05, 0.1) is 10.6 Å². The maximum absolute atomic E-state index is 6.16. The Labute approximate surface area is 160 Å². The van der Waals surface area contributed by atoms with Crippen LogP contribution in [-0.2, 0) is 6.42 Å². The molecule has 4 nitrogen and oxygen atoms in total. The molecule has 138 valence electrons. The molecule has 0 radical (unpaired) electrons. The lowest BCUT2D eigenvalue weighted by molar-refractivity contribution is 0.341. The summed E-state index contributed by atoms with van der Waals surface area (Å²) in [6.07, 6.45) is 7.51. The second-order valence-corrected chi connectivity index (χ2v) is 8.33. The van der Waals surface area contributed by atoms with Crippen LogP contribution in [0.2, 0.25) is 0 Å². The average Bonchev–Trinajstić information content (AvgIpc) is 3.22. The highest BCUT2D eigenvalue weighted by atomic mass is 32.1. The molecule has 4 rings (SSSR count). The SMILES string of the molecule is CNC1CCC(N2CCCc3cc(N=C(N)c4cccs4)ccc32)CC1. The second-order valence-electron chi connectivity index (χ2n) is 7.38.